The summed E-state index contributed by atoms with van der Waals surface area (Å²) in [6.07, 6.45) is -0.0978. The van der Waals surface area contributed by atoms with Gasteiger partial charge in [-0.05, 0) is 36.7 Å². The number of aromatic nitrogens is 4. The van der Waals surface area contributed by atoms with Crippen molar-refractivity contribution in [3.8, 4) is 0 Å². The van der Waals surface area contributed by atoms with E-state index in [0.29, 0.717) is 17.6 Å². The highest BCUT2D eigenvalue weighted by molar-refractivity contribution is 7.99. The quantitative estimate of drug-likeness (QED) is 0.413. The summed E-state index contributed by atoms with van der Waals surface area (Å²) < 4.78 is 6.76. The second-order valence-electron chi connectivity index (χ2n) is 5.11. The highest BCUT2D eigenvalue weighted by Gasteiger charge is 2.11. The van der Waals surface area contributed by atoms with Crippen molar-refractivity contribution >= 4 is 17.7 Å². The minimum Gasteiger partial charge on any atom is -0.462 e. The first-order chi connectivity index (χ1) is 9.49. The fourth-order valence-electron chi connectivity index (χ4n) is 1.44. The molecule has 20 heavy (non-hydrogen) atoms. The molecule has 0 aromatic carbocycles. The van der Waals surface area contributed by atoms with Gasteiger partial charge in [-0.2, -0.15) is 0 Å². The third-order valence-corrected chi connectivity index (χ3v) is 3.17. The molecule has 7 nitrogen and oxygen atoms in total. The van der Waals surface area contributed by atoms with Crippen molar-refractivity contribution in [2.75, 3.05) is 18.8 Å². The molecule has 1 heterocycles. The summed E-state index contributed by atoms with van der Waals surface area (Å²) in [7, 11) is 0. The molecule has 1 aromatic heterocycles. The van der Waals surface area contributed by atoms with Crippen LogP contribution in [0.1, 0.15) is 27.7 Å². The van der Waals surface area contributed by atoms with Gasteiger partial charge in [0.05, 0.1) is 18.4 Å². The SMILES string of the molecule is CC(C)CNCCn1nnnc1SCC(=O)OC(C)C. The molecule has 0 atom stereocenters. The Hall–Kier alpha value is -1.15. The topological polar surface area (TPSA) is 81.9 Å². The second-order valence-corrected chi connectivity index (χ2v) is 6.05. The van der Waals surface area contributed by atoms with Gasteiger partial charge in [-0.1, -0.05) is 25.6 Å². The first-order valence-electron chi connectivity index (χ1n) is 6.78. The van der Waals surface area contributed by atoms with Crippen molar-refractivity contribution in [2.45, 2.75) is 45.5 Å². The molecular weight excluding hydrogens is 278 g/mol. The standard InChI is InChI=1S/C12H23N5O2S/c1-9(2)7-13-5-6-17-12(14-15-16-17)20-8-11(18)19-10(3)4/h9-10,13H,5-8H2,1-4H3. The molecule has 0 amide bonds. The van der Waals surface area contributed by atoms with E-state index in [1.165, 1.54) is 11.8 Å². The van der Waals surface area contributed by atoms with Gasteiger partial charge >= 0.3 is 5.97 Å². The number of carbonyl (C=O) groups excluding carboxylic acids is 1. The molecule has 0 aliphatic rings. The molecule has 1 aromatic rings. The molecule has 1 rings (SSSR count). The molecule has 0 fully saturated rings. The molecule has 0 radical (unpaired) electrons. The Bertz CT molecular complexity index is 408. The van der Waals surface area contributed by atoms with E-state index >= 15 is 0 Å². The van der Waals surface area contributed by atoms with Crippen LogP contribution in [0.3, 0.4) is 0 Å². The average molecular weight is 301 g/mol. The maximum Gasteiger partial charge on any atom is 0.316 e. The predicted octanol–water partition coefficient (Wildman–Crippen LogP) is 0.962. The molecule has 0 aliphatic heterocycles. The summed E-state index contributed by atoms with van der Waals surface area (Å²) in [5.41, 5.74) is 0. The summed E-state index contributed by atoms with van der Waals surface area (Å²) in [5.74, 6) is 0.582. The molecule has 0 bridgehead atoms. The second kappa shape index (κ2) is 8.91. The Balaban J connectivity index is 2.33. The van der Waals surface area contributed by atoms with E-state index in [-0.39, 0.29) is 17.8 Å². The maximum absolute atomic E-state index is 11.5. The monoisotopic (exact) mass is 301 g/mol. The Morgan fingerprint density at radius 3 is 2.80 bits per heavy atom. The van der Waals surface area contributed by atoms with E-state index in [0.717, 1.165) is 13.1 Å². The van der Waals surface area contributed by atoms with Crippen LogP contribution in [0.4, 0.5) is 0 Å². The van der Waals surface area contributed by atoms with E-state index in [9.17, 15) is 4.79 Å². The van der Waals surface area contributed by atoms with E-state index in [1.54, 1.807) is 4.68 Å². The number of thioether (sulfide) groups is 1. The lowest BCUT2D eigenvalue weighted by Crippen LogP contribution is -2.24. The van der Waals surface area contributed by atoms with Gasteiger partial charge in [0.2, 0.25) is 5.16 Å². The minimum absolute atomic E-state index is 0.0978. The molecule has 0 saturated heterocycles. The van der Waals surface area contributed by atoms with Crippen LogP contribution in [0, 0.1) is 5.92 Å². The highest BCUT2D eigenvalue weighted by Crippen LogP contribution is 2.13. The first kappa shape index (κ1) is 16.9. The van der Waals surface area contributed by atoms with Crippen LogP contribution in [0.5, 0.6) is 0 Å². The molecule has 0 unspecified atom stereocenters. The van der Waals surface area contributed by atoms with E-state index in [4.69, 9.17) is 4.74 Å². The van der Waals surface area contributed by atoms with Gasteiger partial charge in [0.1, 0.15) is 0 Å². The average Bonchev–Trinajstić information content (AvgIpc) is 2.78. The Labute approximate surface area is 123 Å². The van der Waals surface area contributed by atoms with Crippen LogP contribution >= 0.6 is 11.8 Å². The normalized spacial score (nSPS) is 11.3. The number of tetrazole rings is 1. The van der Waals surface area contributed by atoms with Gasteiger partial charge in [0.15, 0.2) is 0 Å². The van der Waals surface area contributed by atoms with Crippen LogP contribution in [0.15, 0.2) is 5.16 Å². The van der Waals surface area contributed by atoms with Crippen LogP contribution in [0.2, 0.25) is 0 Å². The number of esters is 1. The van der Waals surface area contributed by atoms with Crippen molar-refractivity contribution in [3.63, 3.8) is 0 Å². The Kier molecular flexibility index (Phi) is 7.53. The molecule has 8 heteroatoms. The molecule has 0 spiro atoms. The zero-order valence-corrected chi connectivity index (χ0v) is 13.3. The number of nitrogens with zero attached hydrogens (tertiary/aromatic N) is 4. The lowest BCUT2D eigenvalue weighted by Gasteiger charge is -2.09. The molecular formula is C12H23N5O2S. The minimum atomic E-state index is -0.252. The summed E-state index contributed by atoms with van der Waals surface area (Å²) in [6, 6.07) is 0. The van der Waals surface area contributed by atoms with Gasteiger partial charge in [0, 0.05) is 6.54 Å². The molecule has 1 N–H and O–H groups in total. The Morgan fingerprint density at radius 2 is 2.15 bits per heavy atom. The number of carbonyl (C=O) groups is 1. The summed E-state index contributed by atoms with van der Waals surface area (Å²) in [6.45, 7) is 10.4. The summed E-state index contributed by atoms with van der Waals surface area (Å²) >= 11 is 1.29. The van der Waals surface area contributed by atoms with Gasteiger partial charge in [-0.25, -0.2) is 4.68 Å². The molecule has 0 aliphatic carbocycles. The lowest BCUT2D eigenvalue weighted by atomic mass is 10.2. The van der Waals surface area contributed by atoms with Crippen molar-refractivity contribution in [1.29, 1.82) is 0 Å². The highest BCUT2D eigenvalue weighted by atomic mass is 32.2. The van der Waals surface area contributed by atoms with Gasteiger partial charge in [-0.15, -0.1) is 5.10 Å². The van der Waals surface area contributed by atoms with Gasteiger partial charge < -0.3 is 10.1 Å². The number of nitrogens with one attached hydrogen (secondary N) is 1. The van der Waals surface area contributed by atoms with Crippen LogP contribution in [-0.2, 0) is 16.1 Å². The van der Waals surface area contributed by atoms with Crippen molar-refractivity contribution in [2.24, 2.45) is 5.92 Å². The van der Waals surface area contributed by atoms with Crippen molar-refractivity contribution < 1.29 is 9.53 Å². The maximum atomic E-state index is 11.5. The largest absolute Gasteiger partial charge is 0.462 e. The number of hydrogen-bond acceptors (Lipinski definition) is 7. The van der Waals surface area contributed by atoms with Crippen LogP contribution in [-0.4, -0.2) is 51.1 Å². The third-order valence-electron chi connectivity index (χ3n) is 2.24. The van der Waals surface area contributed by atoms with Crippen molar-refractivity contribution in [1.82, 2.24) is 25.5 Å². The lowest BCUT2D eigenvalue weighted by molar-refractivity contribution is -0.144. The zero-order valence-electron chi connectivity index (χ0n) is 12.5. The fraction of sp³-hybridized carbons (Fsp3) is 0.833. The summed E-state index contributed by atoms with van der Waals surface area (Å²) in [4.78, 5) is 11.5. The van der Waals surface area contributed by atoms with Gasteiger partial charge in [0.25, 0.3) is 0 Å². The zero-order chi connectivity index (χ0) is 15.0. The number of ether oxygens (including phenoxy) is 1. The van der Waals surface area contributed by atoms with Crippen LogP contribution < -0.4 is 5.32 Å². The van der Waals surface area contributed by atoms with Gasteiger partial charge in [-0.3, -0.25) is 4.79 Å². The predicted molar refractivity (Wildman–Crippen MR) is 77.5 cm³/mol. The van der Waals surface area contributed by atoms with E-state index in [1.807, 2.05) is 13.8 Å². The van der Waals surface area contributed by atoms with Crippen LogP contribution in [0.25, 0.3) is 0 Å². The van der Waals surface area contributed by atoms with Crippen molar-refractivity contribution in [3.05, 3.63) is 0 Å². The first-order valence-corrected chi connectivity index (χ1v) is 7.76. The van der Waals surface area contributed by atoms with E-state index in [2.05, 4.69) is 34.7 Å². The molecule has 0 saturated carbocycles. The number of hydrogen-bond donors (Lipinski definition) is 1. The molecule has 114 valence electrons. The smallest absolute Gasteiger partial charge is 0.316 e. The number of rotatable bonds is 9. The third kappa shape index (κ3) is 6.85. The van der Waals surface area contributed by atoms with E-state index < -0.39 is 0 Å². The summed E-state index contributed by atoms with van der Waals surface area (Å²) in [5, 5.41) is 15.4. The fourth-order valence-corrected chi connectivity index (χ4v) is 2.12. The Morgan fingerprint density at radius 1 is 1.40 bits per heavy atom.